The number of carbonyl (C=O) groups excluding carboxylic acids is 1. The summed E-state index contributed by atoms with van der Waals surface area (Å²) < 4.78 is 2.34. The molecule has 1 amide bonds. The normalized spacial score (nSPS) is 11.2. The summed E-state index contributed by atoms with van der Waals surface area (Å²) >= 11 is 1.57. The van der Waals surface area contributed by atoms with Gasteiger partial charge in [0.05, 0.1) is 27.8 Å². The van der Waals surface area contributed by atoms with Gasteiger partial charge in [-0.1, -0.05) is 30.3 Å². The molecule has 2 aromatic carbocycles. The summed E-state index contributed by atoms with van der Waals surface area (Å²) in [7, 11) is 1.72. The molecule has 0 saturated carbocycles. The standard InChI is InChI=1S/C20H18N4O2S/c1-13-14-7-3-4-8-15(14)20(26)24(22-13)12-19(25)23(2)11-18-21-16-9-5-6-10-17(16)27-18/h3-10H,11-12H2,1-2H3. The highest BCUT2D eigenvalue weighted by atomic mass is 32.1. The average molecular weight is 378 g/mol. The zero-order valence-electron chi connectivity index (χ0n) is 15.0. The van der Waals surface area contributed by atoms with Gasteiger partial charge in [-0.15, -0.1) is 11.3 Å². The van der Waals surface area contributed by atoms with E-state index in [2.05, 4.69) is 10.1 Å². The summed E-state index contributed by atoms with van der Waals surface area (Å²) in [5, 5.41) is 6.56. The second-order valence-electron chi connectivity index (χ2n) is 6.42. The van der Waals surface area contributed by atoms with Crippen LogP contribution in [0, 0.1) is 6.92 Å². The quantitative estimate of drug-likeness (QED) is 0.547. The van der Waals surface area contributed by atoms with Gasteiger partial charge in [-0.3, -0.25) is 9.59 Å². The van der Waals surface area contributed by atoms with E-state index in [-0.39, 0.29) is 18.0 Å². The highest BCUT2D eigenvalue weighted by Crippen LogP contribution is 2.22. The molecule has 7 heteroatoms. The number of likely N-dealkylation sites (N-methyl/N-ethyl adjacent to an activating group) is 1. The minimum absolute atomic E-state index is 0.0914. The summed E-state index contributed by atoms with van der Waals surface area (Å²) in [6, 6.07) is 15.2. The van der Waals surface area contributed by atoms with Crippen molar-refractivity contribution in [2.45, 2.75) is 20.0 Å². The van der Waals surface area contributed by atoms with Crippen LogP contribution in [0.4, 0.5) is 0 Å². The third kappa shape index (κ3) is 3.33. The predicted octanol–water partition coefficient (Wildman–Crippen LogP) is 2.97. The number of hydrogen-bond acceptors (Lipinski definition) is 5. The maximum Gasteiger partial charge on any atom is 0.275 e. The minimum atomic E-state index is -0.252. The van der Waals surface area contributed by atoms with Gasteiger partial charge in [0.15, 0.2) is 0 Å². The lowest BCUT2D eigenvalue weighted by Crippen LogP contribution is -2.35. The van der Waals surface area contributed by atoms with Gasteiger partial charge in [-0.05, 0) is 25.1 Å². The van der Waals surface area contributed by atoms with Crippen molar-refractivity contribution in [2.75, 3.05) is 7.05 Å². The van der Waals surface area contributed by atoms with E-state index in [0.717, 1.165) is 26.3 Å². The van der Waals surface area contributed by atoms with Crippen LogP contribution in [0.2, 0.25) is 0 Å². The lowest BCUT2D eigenvalue weighted by Gasteiger charge is -2.16. The molecular weight excluding hydrogens is 360 g/mol. The molecule has 0 aliphatic rings. The minimum Gasteiger partial charge on any atom is -0.337 e. The highest BCUT2D eigenvalue weighted by Gasteiger charge is 2.15. The van der Waals surface area contributed by atoms with Crippen molar-refractivity contribution >= 4 is 38.2 Å². The molecule has 27 heavy (non-hydrogen) atoms. The van der Waals surface area contributed by atoms with Gasteiger partial charge in [0.1, 0.15) is 11.6 Å². The summed E-state index contributed by atoms with van der Waals surface area (Å²) in [4.78, 5) is 31.4. The van der Waals surface area contributed by atoms with E-state index in [1.807, 2.05) is 49.4 Å². The van der Waals surface area contributed by atoms with E-state index in [9.17, 15) is 9.59 Å². The maximum atomic E-state index is 12.6. The van der Waals surface area contributed by atoms with Crippen LogP contribution in [0.15, 0.2) is 53.3 Å². The number of benzene rings is 2. The lowest BCUT2D eigenvalue weighted by molar-refractivity contribution is -0.131. The Bertz CT molecular complexity index is 1180. The largest absolute Gasteiger partial charge is 0.337 e. The van der Waals surface area contributed by atoms with E-state index < -0.39 is 0 Å². The number of nitrogens with zero attached hydrogens (tertiary/aromatic N) is 4. The SMILES string of the molecule is Cc1nn(CC(=O)N(C)Cc2nc3ccccc3s2)c(=O)c2ccccc12. The molecular formula is C20H18N4O2S. The molecule has 0 atom stereocenters. The molecule has 0 fully saturated rings. The number of hydrogen-bond donors (Lipinski definition) is 0. The molecule has 2 heterocycles. The van der Waals surface area contributed by atoms with Crippen molar-refractivity contribution in [3.8, 4) is 0 Å². The number of carbonyl (C=O) groups is 1. The van der Waals surface area contributed by atoms with Gasteiger partial charge in [0, 0.05) is 12.4 Å². The van der Waals surface area contributed by atoms with E-state index in [1.54, 1.807) is 29.4 Å². The maximum absolute atomic E-state index is 12.6. The van der Waals surface area contributed by atoms with Gasteiger partial charge < -0.3 is 4.90 Å². The van der Waals surface area contributed by atoms with Crippen LogP contribution in [0.5, 0.6) is 0 Å². The van der Waals surface area contributed by atoms with Crippen LogP contribution in [-0.2, 0) is 17.9 Å². The van der Waals surface area contributed by atoms with Crippen LogP contribution in [-0.4, -0.2) is 32.6 Å². The number of para-hydroxylation sites is 1. The van der Waals surface area contributed by atoms with Gasteiger partial charge in [0.2, 0.25) is 5.91 Å². The van der Waals surface area contributed by atoms with E-state index in [0.29, 0.717) is 11.9 Å². The Labute approximate surface area is 159 Å². The third-order valence-corrected chi connectivity index (χ3v) is 5.49. The monoisotopic (exact) mass is 378 g/mol. The molecule has 4 rings (SSSR count). The first-order chi connectivity index (χ1) is 13.0. The van der Waals surface area contributed by atoms with Crippen LogP contribution in [0.3, 0.4) is 0 Å². The third-order valence-electron chi connectivity index (χ3n) is 4.47. The Morgan fingerprint density at radius 1 is 1.11 bits per heavy atom. The first kappa shape index (κ1) is 17.4. The van der Waals surface area contributed by atoms with E-state index in [1.165, 1.54) is 4.68 Å². The van der Waals surface area contributed by atoms with Crippen LogP contribution < -0.4 is 5.56 Å². The van der Waals surface area contributed by atoms with Crippen molar-refractivity contribution in [3.05, 3.63) is 69.6 Å². The first-order valence-corrected chi connectivity index (χ1v) is 9.39. The van der Waals surface area contributed by atoms with Crippen LogP contribution in [0.25, 0.3) is 21.0 Å². The molecule has 2 aromatic heterocycles. The number of aromatic nitrogens is 3. The Morgan fingerprint density at radius 3 is 2.59 bits per heavy atom. The Hall–Kier alpha value is -3.06. The summed E-state index contributed by atoms with van der Waals surface area (Å²) in [5.74, 6) is -0.182. The average Bonchev–Trinajstić information content (AvgIpc) is 3.08. The Balaban J connectivity index is 1.55. The molecule has 4 aromatic rings. The number of thiazole rings is 1. The number of aryl methyl sites for hydroxylation is 1. The molecule has 6 nitrogen and oxygen atoms in total. The van der Waals surface area contributed by atoms with Gasteiger partial charge in [-0.25, -0.2) is 9.67 Å². The predicted molar refractivity (Wildman–Crippen MR) is 107 cm³/mol. The molecule has 0 saturated heterocycles. The fraction of sp³-hybridized carbons (Fsp3) is 0.200. The molecule has 0 aliphatic carbocycles. The Kier molecular flexibility index (Phi) is 4.45. The summed E-state index contributed by atoms with van der Waals surface area (Å²) in [5.41, 5.74) is 1.41. The lowest BCUT2D eigenvalue weighted by atomic mass is 10.1. The fourth-order valence-corrected chi connectivity index (χ4v) is 4.06. The summed E-state index contributed by atoms with van der Waals surface area (Å²) in [6.45, 7) is 2.15. The van der Waals surface area contributed by atoms with Crippen molar-refractivity contribution in [2.24, 2.45) is 0 Å². The smallest absolute Gasteiger partial charge is 0.275 e. The van der Waals surface area contributed by atoms with Crippen LogP contribution in [0.1, 0.15) is 10.7 Å². The van der Waals surface area contributed by atoms with E-state index >= 15 is 0 Å². The highest BCUT2D eigenvalue weighted by molar-refractivity contribution is 7.18. The van der Waals surface area contributed by atoms with E-state index in [4.69, 9.17) is 0 Å². The van der Waals surface area contributed by atoms with Crippen molar-refractivity contribution in [1.82, 2.24) is 19.7 Å². The zero-order valence-corrected chi connectivity index (χ0v) is 15.9. The van der Waals surface area contributed by atoms with Crippen molar-refractivity contribution in [3.63, 3.8) is 0 Å². The van der Waals surface area contributed by atoms with Gasteiger partial charge >= 0.3 is 0 Å². The Morgan fingerprint density at radius 2 is 1.81 bits per heavy atom. The molecule has 0 aliphatic heterocycles. The van der Waals surface area contributed by atoms with Crippen molar-refractivity contribution in [1.29, 1.82) is 0 Å². The summed E-state index contributed by atoms with van der Waals surface area (Å²) in [6.07, 6.45) is 0. The first-order valence-electron chi connectivity index (χ1n) is 8.58. The zero-order chi connectivity index (χ0) is 19.0. The topological polar surface area (TPSA) is 68.1 Å². The van der Waals surface area contributed by atoms with Gasteiger partial charge in [-0.2, -0.15) is 5.10 Å². The molecule has 0 radical (unpaired) electrons. The number of fused-ring (bicyclic) bond motifs is 2. The number of amides is 1. The molecule has 0 N–H and O–H groups in total. The molecule has 136 valence electrons. The second-order valence-corrected chi connectivity index (χ2v) is 7.53. The molecule has 0 unspecified atom stereocenters. The van der Waals surface area contributed by atoms with Crippen molar-refractivity contribution < 1.29 is 4.79 Å². The fourth-order valence-electron chi connectivity index (χ4n) is 3.04. The second kappa shape index (κ2) is 6.92. The van der Waals surface area contributed by atoms with Crippen LogP contribution >= 0.6 is 11.3 Å². The molecule has 0 bridgehead atoms. The molecule has 0 spiro atoms. The van der Waals surface area contributed by atoms with Gasteiger partial charge in [0.25, 0.3) is 5.56 Å². The number of rotatable bonds is 4.